The normalized spacial score (nSPS) is 15.5. The van der Waals surface area contributed by atoms with Crippen LogP contribution in [0.15, 0.2) is 29.6 Å². The maximum Gasteiger partial charge on any atom is 0.319 e. The number of rotatable bonds is 3. The van der Waals surface area contributed by atoms with Gasteiger partial charge in [-0.25, -0.2) is 9.78 Å². The second-order valence-corrected chi connectivity index (χ2v) is 6.40. The van der Waals surface area contributed by atoms with Gasteiger partial charge in [0.05, 0.1) is 25.5 Å². The van der Waals surface area contributed by atoms with E-state index in [2.05, 4.69) is 20.2 Å². The van der Waals surface area contributed by atoms with Crippen molar-refractivity contribution >= 4 is 23.5 Å². The lowest BCUT2D eigenvalue weighted by Crippen LogP contribution is -2.28. The Morgan fingerprint density at radius 3 is 3.18 bits per heavy atom. The Labute approximate surface area is 132 Å². The predicted octanol–water partition coefficient (Wildman–Crippen LogP) is 2.34. The SMILES string of the molecule is O=C(NCc1cn2c(n1)SCC2)Nc1ccc2c(c1)COC2. The highest BCUT2D eigenvalue weighted by Gasteiger charge is 2.15. The summed E-state index contributed by atoms with van der Waals surface area (Å²) >= 11 is 1.75. The first-order chi connectivity index (χ1) is 10.8. The van der Waals surface area contributed by atoms with Crippen LogP contribution in [-0.2, 0) is 31.0 Å². The van der Waals surface area contributed by atoms with Crippen LogP contribution in [0.5, 0.6) is 0 Å². The lowest BCUT2D eigenvalue weighted by molar-refractivity contribution is 0.134. The molecule has 1 aromatic heterocycles. The van der Waals surface area contributed by atoms with Crippen LogP contribution in [0.25, 0.3) is 0 Å². The van der Waals surface area contributed by atoms with Crippen LogP contribution in [0.3, 0.4) is 0 Å². The predicted molar refractivity (Wildman–Crippen MR) is 83.7 cm³/mol. The van der Waals surface area contributed by atoms with Crippen LogP contribution >= 0.6 is 11.8 Å². The molecule has 22 heavy (non-hydrogen) atoms. The largest absolute Gasteiger partial charge is 0.372 e. The average Bonchev–Trinajstić information content (AvgIpc) is 3.19. The second kappa shape index (κ2) is 5.66. The van der Waals surface area contributed by atoms with Crippen molar-refractivity contribution in [2.45, 2.75) is 31.5 Å². The first-order valence-corrected chi connectivity index (χ1v) is 8.20. The molecule has 1 aromatic carbocycles. The van der Waals surface area contributed by atoms with Crippen molar-refractivity contribution in [2.75, 3.05) is 11.1 Å². The number of carbonyl (C=O) groups is 1. The molecule has 114 valence electrons. The molecule has 2 aliphatic heterocycles. The highest BCUT2D eigenvalue weighted by Crippen LogP contribution is 2.25. The molecule has 0 saturated heterocycles. The van der Waals surface area contributed by atoms with E-state index in [0.29, 0.717) is 19.8 Å². The number of fused-ring (bicyclic) bond motifs is 2. The van der Waals surface area contributed by atoms with Crippen molar-refractivity contribution in [3.05, 3.63) is 41.2 Å². The summed E-state index contributed by atoms with van der Waals surface area (Å²) in [5.74, 6) is 1.08. The third kappa shape index (κ3) is 2.69. The summed E-state index contributed by atoms with van der Waals surface area (Å²) in [6, 6.07) is 5.63. The van der Waals surface area contributed by atoms with Crippen LogP contribution in [0, 0.1) is 0 Å². The zero-order valence-electron chi connectivity index (χ0n) is 12.0. The van der Waals surface area contributed by atoms with Crippen molar-refractivity contribution < 1.29 is 9.53 Å². The molecule has 0 aliphatic carbocycles. The van der Waals surface area contributed by atoms with Gasteiger partial charge in [-0.05, 0) is 23.3 Å². The minimum atomic E-state index is -0.223. The van der Waals surface area contributed by atoms with Gasteiger partial charge in [0, 0.05) is 24.2 Å². The molecule has 2 aliphatic rings. The van der Waals surface area contributed by atoms with Gasteiger partial charge >= 0.3 is 6.03 Å². The van der Waals surface area contributed by atoms with Crippen LogP contribution < -0.4 is 10.6 Å². The van der Waals surface area contributed by atoms with Gasteiger partial charge in [0.15, 0.2) is 5.16 Å². The standard InChI is InChI=1S/C15H16N4O2S/c20-14(16-6-13-7-19-3-4-22-15(19)18-13)17-12-2-1-10-8-21-9-11(10)5-12/h1-2,5,7H,3-4,6,8-9H2,(H2,16,17,20). The lowest BCUT2D eigenvalue weighted by Gasteiger charge is -2.08. The number of ether oxygens (including phenoxy) is 1. The molecule has 0 fully saturated rings. The van der Waals surface area contributed by atoms with E-state index in [1.165, 1.54) is 5.56 Å². The fraction of sp³-hybridized carbons (Fsp3) is 0.333. The van der Waals surface area contributed by atoms with Gasteiger partial charge in [0.2, 0.25) is 0 Å². The van der Waals surface area contributed by atoms with Gasteiger partial charge in [0.25, 0.3) is 0 Å². The molecule has 7 heteroatoms. The minimum absolute atomic E-state index is 0.223. The fourth-order valence-electron chi connectivity index (χ4n) is 2.64. The number of imidazole rings is 1. The number of carbonyl (C=O) groups excluding carboxylic acids is 1. The van der Waals surface area contributed by atoms with Gasteiger partial charge < -0.3 is 19.9 Å². The number of anilines is 1. The number of aromatic nitrogens is 2. The molecule has 0 spiro atoms. The molecule has 2 aromatic rings. The first kappa shape index (κ1) is 13.7. The molecule has 0 radical (unpaired) electrons. The summed E-state index contributed by atoms with van der Waals surface area (Å²) in [7, 11) is 0. The minimum Gasteiger partial charge on any atom is -0.372 e. The van der Waals surface area contributed by atoms with Crippen LogP contribution in [0.1, 0.15) is 16.8 Å². The number of hydrogen-bond donors (Lipinski definition) is 2. The van der Waals surface area contributed by atoms with E-state index in [4.69, 9.17) is 4.74 Å². The number of urea groups is 1. The maximum atomic E-state index is 12.0. The highest BCUT2D eigenvalue weighted by molar-refractivity contribution is 7.99. The van der Waals surface area contributed by atoms with Gasteiger partial charge in [0.1, 0.15) is 0 Å². The van der Waals surface area contributed by atoms with Crippen molar-refractivity contribution in [2.24, 2.45) is 0 Å². The summed E-state index contributed by atoms with van der Waals surface area (Å²) in [4.78, 5) is 16.5. The number of hydrogen-bond acceptors (Lipinski definition) is 4. The second-order valence-electron chi connectivity index (χ2n) is 5.34. The van der Waals surface area contributed by atoms with Crippen LogP contribution in [0.2, 0.25) is 0 Å². The maximum absolute atomic E-state index is 12.0. The molecule has 2 N–H and O–H groups in total. The monoisotopic (exact) mass is 316 g/mol. The van der Waals surface area contributed by atoms with Gasteiger partial charge in [-0.3, -0.25) is 0 Å². The number of nitrogens with one attached hydrogen (secondary N) is 2. The first-order valence-electron chi connectivity index (χ1n) is 7.21. The summed E-state index contributed by atoms with van der Waals surface area (Å²) in [6.07, 6.45) is 2.00. The van der Waals surface area contributed by atoms with Crippen LogP contribution in [0.4, 0.5) is 10.5 Å². The average molecular weight is 316 g/mol. The number of amides is 2. The summed E-state index contributed by atoms with van der Waals surface area (Å²) in [6.45, 7) is 2.70. The molecule has 0 bridgehead atoms. The van der Waals surface area contributed by atoms with E-state index in [1.807, 2.05) is 24.4 Å². The van der Waals surface area contributed by atoms with Crippen molar-refractivity contribution in [3.63, 3.8) is 0 Å². The highest BCUT2D eigenvalue weighted by atomic mass is 32.2. The molecule has 6 nitrogen and oxygen atoms in total. The van der Waals surface area contributed by atoms with Crippen molar-refractivity contribution in [1.29, 1.82) is 0 Å². The van der Waals surface area contributed by atoms with E-state index < -0.39 is 0 Å². The number of benzene rings is 1. The van der Waals surface area contributed by atoms with Gasteiger partial charge in [-0.1, -0.05) is 17.8 Å². The fourth-order valence-corrected chi connectivity index (χ4v) is 3.60. The van der Waals surface area contributed by atoms with Crippen molar-refractivity contribution in [3.8, 4) is 0 Å². The Balaban J connectivity index is 1.34. The van der Waals surface area contributed by atoms with Gasteiger partial charge in [-0.15, -0.1) is 0 Å². The molecule has 0 unspecified atom stereocenters. The Bertz CT molecular complexity index is 707. The summed E-state index contributed by atoms with van der Waals surface area (Å²) in [5.41, 5.74) is 4.00. The third-order valence-electron chi connectivity index (χ3n) is 3.76. The topological polar surface area (TPSA) is 68.2 Å². The lowest BCUT2D eigenvalue weighted by atomic mass is 10.1. The molecule has 0 saturated carbocycles. The van der Waals surface area contributed by atoms with E-state index >= 15 is 0 Å². The molecule has 2 amide bonds. The van der Waals surface area contributed by atoms with Gasteiger partial charge in [-0.2, -0.15) is 0 Å². The van der Waals surface area contributed by atoms with Crippen molar-refractivity contribution in [1.82, 2.24) is 14.9 Å². The zero-order valence-corrected chi connectivity index (χ0v) is 12.8. The Hall–Kier alpha value is -1.99. The third-order valence-corrected chi connectivity index (χ3v) is 4.73. The van der Waals surface area contributed by atoms with E-state index in [-0.39, 0.29) is 6.03 Å². The quantitative estimate of drug-likeness (QED) is 0.912. The number of nitrogens with zero attached hydrogens (tertiary/aromatic N) is 2. The number of thioether (sulfide) groups is 1. The Kier molecular flexibility index (Phi) is 3.51. The zero-order chi connectivity index (χ0) is 14.9. The van der Waals surface area contributed by atoms with Crippen LogP contribution in [-0.4, -0.2) is 21.3 Å². The Morgan fingerprint density at radius 1 is 1.36 bits per heavy atom. The summed E-state index contributed by atoms with van der Waals surface area (Å²) < 4.78 is 7.49. The van der Waals surface area contributed by atoms with E-state index in [9.17, 15) is 4.79 Å². The molecule has 4 rings (SSSR count). The molecule has 0 atom stereocenters. The molecule has 3 heterocycles. The molecular formula is C15H16N4O2S. The smallest absolute Gasteiger partial charge is 0.319 e. The molecular weight excluding hydrogens is 300 g/mol. The van der Waals surface area contributed by atoms with E-state index in [0.717, 1.165) is 34.4 Å². The Morgan fingerprint density at radius 2 is 2.27 bits per heavy atom. The van der Waals surface area contributed by atoms with E-state index in [1.54, 1.807) is 11.8 Å². The number of aryl methyl sites for hydroxylation is 1. The summed E-state index contributed by atoms with van der Waals surface area (Å²) in [5, 5.41) is 6.72.